The fourth-order valence-corrected chi connectivity index (χ4v) is 6.04. The number of amides is 1. The largest absolute Gasteiger partial charge is 0.360 e. The van der Waals surface area contributed by atoms with Gasteiger partial charge in [0.15, 0.2) is 0 Å². The lowest BCUT2D eigenvalue weighted by molar-refractivity contribution is -0.926. The van der Waals surface area contributed by atoms with Crippen molar-refractivity contribution >= 4 is 27.9 Å². The van der Waals surface area contributed by atoms with E-state index in [-0.39, 0.29) is 17.8 Å². The molecule has 0 saturated carbocycles. The summed E-state index contributed by atoms with van der Waals surface area (Å²) >= 11 is 1.62. The van der Waals surface area contributed by atoms with E-state index in [1.165, 1.54) is 21.5 Å². The number of nitrogens with zero attached hydrogens (tertiary/aromatic N) is 1. The normalized spacial score (nSPS) is 15.0. The lowest BCUT2D eigenvalue weighted by Gasteiger charge is -2.38. The second-order valence-electron chi connectivity index (χ2n) is 9.14. The third-order valence-corrected chi connectivity index (χ3v) is 8.06. The molecule has 6 heteroatoms. The number of thiophene rings is 1. The van der Waals surface area contributed by atoms with Gasteiger partial charge in [0.25, 0.3) is 5.91 Å². The second kappa shape index (κ2) is 11.1. The highest BCUT2D eigenvalue weighted by Crippen LogP contribution is 2.35. The topological polar surface area (TPSA) is 36.8 Å². The van der Waals surface area contributed by atoms with Crippen molar-refractivity contribution in [2.75, 3.05) is 36.4 Å². The lowest BCUT2D eigenvalue weighted by atomic mass is 9.97. The van der Waals surface area contributed by atoms with Crippen LogP contribution in [0.5, 0.6) is 0 Å². The smallest absolute Gasteiger partial charge is 0.256 e. The second-order valence-corrected chi connectivity index (χ2v) is 10.3. The van der Waals surface area contributed by atoms with Crippen LogP contribution in [0.4, 0.5) is 15.1 Å². The van der Waals surface area contributed by atoms with Crippen LogP contribution in [-0.4, -0.2) is 32.1 Å². The van der Waals surface area contributed by atoms with E-state index >= 15 is 0 Å². The number of aryl methyl sites for hydroxylation is 1. The van der Waals surface area contributed by atoms with Gasteiger partial charge >= 0.3 is 0 Å². The van der Waals surface area contributed by atoms with Crippen LogP contribution < -0.4 is 15.1 Å². The molecule has 0 bridgehead atoms. The number of benzene rings is 3. The van der Waals surface area contributed by atoms with Crippen LogP contribution in [0.1, 0.15) is 39.3 Å². The number of hydrogen-bond donors (Lipinski definition) is 2. The molecule has 36 heavy (non-hydrogen) atoms. The van der Waals surface area contributed by atoms with E-state index in [2.05, 4.69) is 47.5 Å². The fraction of sp³-hybridized carbons (Fsp3) is 0.233. The highest BCUT2D eigenvalue weighted by molar-refractivity contribution is 7.16. The summed E-state index contributed by atoms with van der Waals surface area (Å²) in [5, 5.41) is 4.04. The van der Waals surface area contributed by atoms with Crippen molar-refractivity contribution in [2.45, 2.75) is 19.4 Å². The quantitative estimate of drug-likeness (QED) is 0.366. The molecule has 4 aromatic rings. The molecular formula is C30H31FN3OS+. The number of rotatable bonds is 7. The maximum atomic E-state index is 14.4. The Morgan fingerprint density at radius 3 is 2.33 bits per heavy atom. The van der Waals surface area contributed by atoms with E-state index in [9.17, 15) is 9.18 Å². The van der Waals surface area contributed by atoms with E-state index in [4.69, 9.17) is 0 Å². The Hall–Kier alpha value is -3.48. The highest BCUT2D eigenvalue weighted by Gasteiger charge is 2.33. The first-order valence-corrected chi connectivity index (χ1v) is 13.3. The standard InChI is InChI=1S/C30H30FN3OS/c1-2-26-21-27(30(36-26)32-29(35)22-10-5-3-6-11-22)28(23-12-9-13-24(31)20-23)34-18-16-33(17-19-34)25-14-7-4-8-15-25/h3-15,20-21,28H,2,16-19H2,1H3,(H,32,35)/p+1/t28-/m0/s1. The lowest BCUT2D eigenvalue weighted by Crippen LogP contribution is -3.15. The maximum Gasteiger partial charge on any atom is 0.256 e. The van der Waals surface area contributed by atoms with Crippen molar-refractivity contribution < 1.29 is 14.1 Å². The fourth-order valence-electron chi connectivity index (χ4n) is 5.01. The van der Waals surface area contributed by atoms with E-state index < -0.39 is 0 Å². The Morgan fingerprint density at radius 1 is 0.972 bits per heavy atom. The molecule has 3 aromatic carbocycles. The van der Waals surface area contributed by atoms with Gasteiger partial charge in [0, 0.05) is 27.3 Å². The number of quaternary nitrogens is 1. The minimum absolute atomic E-state index is 0.0683. The van der Waals surface area contributed by atoms with Crippen molar-refractivity contribution in [3.05, 3.63) is 118 Å². The molecule has 2 heterocycles. The molecule has 2 N–H and O–H groups in total. The number of carbonyl (C=O) groups is 1. The molecule has 0 aliphatic carbocycles. The van der Waals surface area contributed by atoms with Crippen molar-refractivity contribution in [3.8, 4) is 0 Å². The van der Waals surface area contributed by atoms with Gasteiger partial charge in [-0.05, 0) is 48.9 Å². The van der Waals surface area contributed by atoms with Crippen molar-refractivity contribution in [2.24, 2.45) is 0 Å². The summed E-state index contributed by atoms with van der Waals surface area (Å²) in [4.78, 5) is 18.1. The van der Waals surface area contributed by atoms with Gasteiger partial charge in [-0.25, -0.2) is 4.39 Å². The number of piperazine rings is 1. The monoisotopic (exact) mass is 500 g/mol. The number of anilines is 2. The summed E-state index contributed by atoms with van der Waals surface area (Å²) < 4.78 is 14.4. The molecule has 1 aromatic heterocycles. The minimum Gasteiger partial charge on any atom is -0.360 e. The van der Waals surface area contributed by atoms with Gasteiger partial charge in [-0.1, -0.05) is 55.5 Å². The predicted octanol–water partition coefficient (Wildman–Crippen LogP) is 5.20. The van der Waals surface area contributed by atoms with Gasteiger partial charge in [0.1, 0.15) is 16.9 Å². The maximum absolute atomic E-state index is 14.4. The Balaban J connectivity index is 1.47. The van der Waals surface area contributed by atoms with Crippen molar-refractivity contribution in [1.29, 1.82) is 0 Å². The van der Waals surface area contributed by atoms with E-state index in [1.54, 1.807) is 23.5 Å². The average Bonchev–Trinajstić information content (AvgIpc) is 3.32. The molecule has 184 valence electrons. The minimum atomic E-state index is -0.236. The van der Waals surface area contributed by atoms with Gasteiger partial charge in [-0.2, -0.15) is 0 Å². The molecule has 4 nitrogen and oxygen atoms in total. The Kier molecular flexibility index (Phi) is 7.44. The molecular weight excluding hydrogens is 469 g/mol. The zero-order chi connectivity index (χ0) is 24.9. The number of para-hydroxylation sites is 1. The molecule has 5 rings (SSSR count). The molecule has 1 atom stereocenters. The van der Waals surface area contributed by atoms with Crippen LogP contribution in [0, 0.1) is 5.82 Å². The van der Waals surface area contributed by atoms with Crippen molar-refractivity contribution in [3.63, 3.8) is 0 Å². The molecule has 1 amide bonds. The summed E-state index contributed by atoms with van der Waals surface area (Å²) in [5.41, 5.74) is 3.86. The first-order chi connectivity index (χ1) is 17.6. The first kappa shape index (κ1) is 24.2. The van der Waals surface area contributed by atoms with Crippen LogP contribution >= 0.6 is 11.3 Å². The molecule has 0 spiro atoms. The Morgan fingerprint density at radius 2 is 1.67 bits per heavy atom. The van der Waals surface area contributed by atoms with Crippen LogP contribution in [0.3, 0.4) is 0 Å². The average molecular weight is 501 g/mol. The Bertz CT molecular complexity index is 1300. The van der Waals surface area contributed by atoms with Gasteiger partial charge in [0.05, 0.1) is 26.2 Å². The van der Waals surface area contributed by atoms with Crippen LogP contribution in [-0.2, 0) is 6.42 Å². The van der Waals surface area contributed by atoms with Crippen molar-refractivity contribution in [1.82, 2.24) is 0 Å². The van der Waals surface area contributed by atoms with E-state index in [1.807, 2.05) is 42.5 Å². The predicted molar refractivity (Wildman–Crippen MR) is 146 cm³/mol. The van der Waals surface area contributed by atoms with E-state index in [0.717, 1.165) is 48.7 Å². The van der Waals surface area contributed by atoms with Crippen LogP contribution in [0.15, 0.2) is 91.0 Å². The molecule has 1 aliphatic rings. The zero-order valence-electron chi connectivity index (χ0n) is 20.4. The number of hydrogen-bond acceptors (Lipinski definition) is 3. The van der Waals surface area contributed by atoms with Crippen LogP contribution in [0.2, 0.25) is 0 Å². The zero-order valence-corrected chi connectivity index (χ0v) is 21.2. The number of carbonyl (C=O) groups excluding carboxylic acids is 1. The van der Waals surface area contributed by atoms with E-state index in [0.29, 0.717) is 5.56 Å². The summed E-state index contributed by atoms with van der Waals surface area (Å²) in [6.45, 7) is 5.79. The molecule has 1 saturated heterocycles. The van der Waals surface area contributed by atoms with Crippen LogP contribution in [0.25, 0.3) is 0 Å². The molecule has 1 fully saturated rings. The van der Waals surface area contributed by atoms with Gasteiger partial charge < -0.3 is 15.1 Å². The third-order valence-electron chi connectivity index (χ3n) is 6.85. The van der Waals surface area contributed by atoms with Gasteiger partial charge in [0.2, 0.25) is 0 Å². The first-order valence-electron chi connectivity index (χ1n) is 12.5. The molecule has 0 radical (unpaired) electrons. The van der Waals surface area contributed by atoms with Gasteiger partial charge in [-0.3, -0.25) is 4.79 Å². The summed E-state index contributed by atoms with van der Waals surface area (Å²) in [7, 11) is 0. The molecule has 0 unspecified atom stereocenters. The highest BCUT2D eigenvalue weighted by atomic mass is 32.1. The Labute approximate surface area is 216 Å². The third kappa shape index (κ3) is 5.35. The SMILES string of the molecule is CCc1cc([C@H](c2cccc(F)c2)[NH+]2CCN(c3ccccc3)CC2)c(NC(=O)c2ccccc2)s1. The summed E-state index contributed by atoms with van der Waals surface area (Å²) in [5.74, 6) is -0.358. The van der Waals surface area contributed by atoms with Gasteiger partial charge in [-0.15, -0.1) is 11.3 Å². The number of halogens is 1. The number of nitrogens with one attached hydrogen (secondary N) is 2. The summed E-state index contributed by atoms with van der Waals surface area (Å²) in [6.07, 6.45) is 0.881. The molecule has 1 aliphatic heterocycles. The summed E-state index contributed by atoms with van der Waals surface area (Å²) in [6, 6.07) is 28.8.